The van der Waals surface area contributed by atoms with Crippen molar-refractivity contribution in [2.45, 2.75) is 83.4 Å². The largest absolute Gasteiger partial charge is 0.484 e. The fraction of sp³-hybridized carbons (Fsp3) is 0.457. The van der Waals surface area contributed by atoms with Gasteiger partial charge in [-0.05, 0) is 88.5 Å². The average molecular weight is 626 g/mol. The number of aromatic nitrogens is 4. The lowest BCUT2D eigenvalue weighted by Gasteiger charge is -2.32. The van der Waals surface area contributed by atoms with Crippen molar-refractivity contribution in [3.63, 3.8) is 0 Å². The van der Waals surface area contributed by atoms with Gasteiger partial charge in [-0.3, -0.25) is 9.30 Å². The van der Waals surface area contributed by atoms with Crippen molar-refractivity contribution in [2.24, 2.45) is 0 Å². The Balaban J connectivity index is 1.19. The smallest absolute Gasteiger partial charge is 0.356 e. The topological polar surface area (TPSA) is 123 Å². The van der Waals surface area contributed by atoms with Crippen molar-refractivity contribution in [1.29, 1.82) is 0 Å². The van der Waals surface area contributed by atoms with Crippen molar-refractivity contribution in [1.82, 2.24) is 29.8 Å². The molecule has 0 radical (unpaired) electrons. The fourth-order valence-corrected chi connectivity index (χ4v) is 6.50. The summed E-state index contributed by atoms with van der Waals surface area (Å²) in [7, 11) is 2.14. The van der Waals surface area contributed by atoms with Crippen LogP contribution in [0, 0.1) is 0 Å². The zero-order chi connectivity index (χ0) is 32.6. The summed E-state index contributed by atoms with van der Waals surface area (Å²) in [6, 6.07) is 14.7. The molecule has 46 heavy (non-hydrogen) atoms. The van der Waals surface area contributed by atoms with Crippen LogP contribution in [0.1, 0.15) is 106 Å². The van der Waals surface area contributed by atoms with Gasteiger partial charge in [0.15, 0.2) is 17.2 Å². The Morgan fingerprint density at radius 2 is 1.85 bits per heavy atom. The number of urea groups is 1. The minimum absolute atomic E-state index is 0.161. The Hall–Kier alpha value is -4.51. The van der Waals surface area contributed by atoms with Gasteiger partial charge in [-0.2, -0.15) is 0 Å². The Labute approximate surface area is 269 Å². The van der Waals surface area contributed by atoms with Crippen LogP contribution in [-0.4, -0.2) is 56.7 Å². The molecule has 1 aliphatic carbocycles. The molecule has 2 amide bonds. The Morgan fingerprint density at radius 3 is 2.57 bits per heavy atom. The Morgan fingerprint density at radius 1 is 1.07 bits per heavy atom. The number of likely N-dealkylation sites (tertiary alicyclic amines) is 1. The van der Waals surface area contributed by atoms with E-state index in [1.54, 1.807) is 19.1 Å². The average Bonchev–Trinajstić information content (AvgIpc) is 3.60. The number of carbonyl (C=O) groups excluding carboxylic acids is 2. The number of pyridine rings is 2. The quantitative estimate of drug-likeness (QED) is 0.229. The summed E-state index contributed by atoms with van der Waals surface area (Å²) in [6.07, 6.45) is 5.37. The first-order valence-electron chi connectivity index (χ1n) is 16.1. The highest BCUT2D eigenvalue weighted by Crippen LogP contribution is 2.40. The second kappa shape index (κ2) is 12.4. The standard InChI is InChI=1S/C35H43N7O4/c1-7-45-31(43)27-19-22(20-29(37-27)34(2,3)4)36-33(44)38-26-14-15-28(25-12-9-8-11-24(25)26)46-23-13-16-30-39-40-32(42(30)21-23)35(5)17-10-18-41(35)6/h8-9,11-13,16,19-21,26,28H,7,10,14-15,17-18H2,1-6H3,(H2,36,37,38,44)/t26-,28+,35?/m0/s1. The van der Waals surface area contributed by atoms with Gasteiger partial charge in [0.1, 0.15) is 11.9 Å². The number of benzene rings is 1. The maximum absolute atomic E-state index is 13.3. The summed E-state index contributed by atoms with van der Waals surface area (Å²) in [6.45, 7) is 11.3. The molecule has 242 valence electrons. The van der Waals surface area contributed by atoms with Gasteiger partial charge in [0.25, 0.3) is 0 Å². The Bertz CT molecular complexity index is 1760. The second-order valence-corrected chi connectivity index (χ2v) is 13.5. The van der Waals surface area contributed by atoms with E-state index in [2.05, 4.69) is 55.2 Å². The first kappa shape index (κ1) is 31.5. The molecule has 1 aromatic carbocycles. The SMILES string of the molecule is CCOC(=O)c1cc(NC(=O)N[C@H]2CC[C@@H](Oc3ccc4nnc(C5(C)CCCN5C)n4c3)c3ccccc32)cc(C(C)(C)C)n1. The molecule has 4 heterocycles. The third kappa shape index (κ3) is 6.16. The van der Waals surface area contributed by atoms with Crippen LogP contribution >= 0.6 is 0 Å². The number of amides is 2. The second-order valence-electron chi connectivity index (χ2n) is 13.5. The highest BCUT2D eigenvalue weighted by Gasteiger charge is 2.40. The summed E-state index contributed by atoms with van der Waals surface area (Å²) < 4.78 is 13.8. The normalized spacial score (nSPS) is 21.5. The van der Waals surface area contributed by atoms with Gasteiger partial charge in [0.2, 0.25) is 0 Å². The predicted molar refractivity (Wildman–Crippen MR) is 175 cm³/mol. The van der Waals surface area contributed by atoms with E-state index in [-0.39, 0.29) is 41.4 Å². The number of ether oxygens (including phenoxy) is 2. The molecular weight excluding hydrogens is 582 g/mol. The zero-order valence-electron chi connectivity index (χ0n) is 27.5. The van der Waals surface area contributed by atoms with Gasteiger partial charge in [0.05, 0.1) is 24.4 Å². The third-order valence-electron chi connectivity index (χ3n) is 9.21. The summed E-state index contributed by atoms with van der Waals surface area (Å²) in [5, 5.41) is 15.1. The predicted octanol–water partition coefficient (Wildman–Crippen LogP) is 6.32. The summed E-state index contributed by atoms with van der Waals surface area (Å²) in [5.41, 5.74) is 3.64. The van der Waals surface area contributed by atoms with Crippen LogP contribution in [0.2, 0.25) is 0 Å². The highest BCUT2D eigenvalue weighted by molar-refractivity contribution is 5.93. The molecule has 0 bridgehead atoms. The maximum Gasteiger partial charge on any atom is 0.356 e. The molecule has 11 heteroatoms. The molecule has 1 aliphatic heterocycles. The van der Waals surface area contributed by atoms with E-state index >= 15 is 0 Å². The van der Waals surface area contributed by atoms with E-state index in [1.165, 1.54) is 0 Å². The molecule has 1 unspecified atom stereocenters. The molecular formula is C35H43N7O4. The number of nitrogens with one attached hydrogen (secondary N) is 2. The first-order chi connectivity index (χ1) is 22.0. The highest BCUT2D eigenvalue weighted by atomic mass is 16.5. The molecule has 6 rings (SSSR count). The third-order valence-corrected chi connectivity index (χ3v) is 9.21. The van der Waals surface area contributed by atoms with Crippen molar-refractivity contribution < 1.29 is 19.1 Å². The molecule has 2 aliphatic rings. The van der Waals surface area contributed by atoms with Crippen LogP contribution in [0.15, 0.2) is 54.7 Å². The minimum Gasteiger partial charge on any atom is -0.484 e. The van der Waals surface area contributed by atoms with E-state index in [9.17, 15) is 9.59 Å². The molecule has 0 spiro atoms. The number of carbonyl (C=O) groups is 2. The van der Waals surface area contributed by atoms with Crippen LogP contribution < -0.4 is 15.4 Å². The monoisotopic (exact) mass is 625 g/mol. The van der Waals surface area contributed by atoms with Gasteiger partial charge < -0.3 is 20.1 Å². The number of fused-ring (bicyclic) bond motifs is 2. The molecule has 0 saturated carbocycles. The molecule has 11 nitrogen and oxygen atoms in total. The lowest BCUT2D eigenvalue weighted by Crippen LogP contribution is -2.37. The van der Waals surface area contributed by atoms with E-state index in [0.717, 1.165) is 47.7 Å². The fourth-order valence-electron chi connectivity index (χ4n) is 6.50. The number of esters is 1. The maximum atomic E-state index is 13.3. The summed E-state index contributed by atoms with van der Waals surface area (Å²) >= 11 is 0. The van der Waals surface area contributed by atoms with Crippen LogP contribution in [0.25, 0.3) is 5.65 Å². The first-order valence-corrected chi connectivity index (χ1v) is 16.1. The van der Waals surface area contributed by atoms with E-state index < -0.39 is 5.97 Å². The van der Waals surface area contributed by atoms with E-state index in [1.807, 2.05) is 57.3 Å². The van der Waals surface area contributed by atoms with Crippen LogP contribution in [0.4, 0.5) is 10.5 Å². The molecule has 4 aromatic rings. The molecule has 3 aromatic heterocycles. The number of nitrogens with zero attached hydrogens (tertiary/aromatic N) is 5. The van der Waals surface area contributed by atoms with Gasteiger partial charge >= 0.3 is 12.0 Å². The number of anilines is 1. The molecule has 2 N–H and O–H groups in total. The zero-order valence-corrected chi connectivity index (χ0v) is 27.5. The number of rotatable bonds is 7. The molecule has 1 saturated heterocycles. The molecule has 1 fully saturated rings. The Kier molecular flexibility index (Phi) is 8.45. The number of hydrogen-bond donors (Lipinski definition) is 2. The van der Waals surface area contributed by atoms with Crippen molar-refractivity contribution in [3.8, 4) is 5.75 Å². The lowest BCUT2D eigenvalue weighted by atomic mass is 9.85. The van der Waals surface area contributed by atoms with E-state index in [4.69, 9.17) is 9.47 Å². The van der Waals surface area contributed by atoms with Crippen LogP contribution in [0.5, 0.6) is 5.75 Å². The summed E-state index contributed by atoms with van der Waals surface area (Å²) in [5.74, 6) is 1.14. The van der Waals surface area contributed by atoms with Crippen LogP contribution in [-0.2, 0) is 15.7 Å². The van der Waals surface area contributed by atoms with Crippen molar-refractivity contribution in [3.05, 3.63) is 83.1 Å². The van der Waals surface area contributed by atoms with Crippen molar-refractivity contribution >= 4 is 23.3 Å². The van der Waals surface area contributed by atoms with Crippen molar-refractivity contribution in [2.75, 3.05) is 25.5 Å². The van der Waals surface area contributed by atoms with Gasteiger partial charge in [0, 0.05) is 16.8 Å². The number of hydrogen-bond acceptors (Lipinski definition) is 8. The van der Waals surface area contributed by atoms with Crippen LogP contribution in [0.3, 0.4) is 0 Å². The van der Waals surface area contributed by atoms with Gasteiger partial charge in [-0.15, -0.1) is 10.2 Å². The minimum atomic E-state index is -0.524. The lowest BCUT2D eigenvalue weighted by molar-refractivity contribution is 0.0519. The van der Waals surface area contributed by atoms with Gasteiger partial charge in [-0.25, -0.2) is 14.6 Å². The molecule has 3 atom stereocenters. The summed E-state index contributed by atoms with van der Waals surface area (Å²) in [4.78, 5) is 32.6. The van der Waals surface area contributed by atoms with E-state index in [0.29, 0.717) is 24.2 Å². The van der Waals surface area contributed by atoms with Gasteiger partial charge in [-0.1, -0.05) is 45.0 Å².